The Morgan fingerprint density at radius 1 is 1.37 bits per heavy atom. The fourth-order valence-corrected chi connectivity index (χ4v) is 1.32. The summed E-state index contributed by atoms with van der Waals surface area (Å²) in [5.74, 6) is 0. The van der Waals surface area contributed by atoms with Crippen LogP contribution in [0.2, 0.25) is 0 Å². The quantitative estimate of drug-likeness (QED) is 0.637. The molecule has 0 aliphatic heterocycles. The lowest BCUT2D eigenvalue weighted by Gasteiger charge is -2.07. The summed E-state index contributed by atoms with van der Waals surface area (Å²) in [7, 11) is 1.65. The first-order chi connectivity index (χ1) is 8.97. The van der Waals surface area contributed by atoms with Crippen molar-refractivity contribution in [3.8, 4) is 0 Å². The van der Waals surface area contributed by atoms with Crippen LogP contribution >= 0.6 is 0 Å². The number of allylic oxidation sites excluding steroid dienone is 1. The molecule has 0 unspecified atom stereocenters. The van der Waals surface area contributed by atoms with Gasteiger partial charge in [0.25, 0.3) is 0 Å². The fourth-order valence-electron chi connectivity index (χ4n) is 1.32. The van der Waals surface area contributed by atoms with E-state index in [2.05, 4.69) is 22.4 Å². The molecule has 0 bridgehead atoms. The predicted octanol–water partition coefficient (Wildman–Crippen LogP) is 2.98. The normalized spacial score (nSPS) is 12.5. The molecule has 0 radical (unpaired) electrons. The van der Waals surface area contributed by atoms with E-state index in [1.54, 1.807) is 19.2 Å². The number of rotatable bonds is 5. The topological polar surface area (TPSA) is 36.4 Å². The van der Waals surface area contributed by atoms with Gasteiger partial charge >= 0.3 is 6.18 Å². The zero-order chi connectivity index (χ0) is 14.3. The number of nitrogens with zero attached hydrogens (tertiary/aromatic N) is 1. The maximum absolute atomic E-state index is 12.6. The Morgan fingerprint density at radius 2 is 2.11 bits per heavy atom. The van der Waals surface area contributed by atoms with Crippen LogP contribution in [0.3, 0.4) is 0 Å². The second-order valence-electron chi connectivity index (χ2n) is 3.56. The molecule has 1 aromatic rings. The lowest BCUT2D eigenvalue weighted by atomic mass is 10.1. The van der Waals surface area contributed by atoms with Gasteiger partial charge in [-0.25, -0.2) is 0 Å². The number of hydrogen-bond acceptors (Lipinski definition) is 3. The molecule has 0 saturated heterocycles. The summed E-state index contributed by atoms with van der Waals surface area (Å²) < 4.78 is 37.7. The highest BCUT2D eigenvalue weighted by atomic mass is 19.4. The van der Waals surface area contributed by atoms with E-state index in [0.29, 0.717) is 11.3 Å². The molecule has 3 nitrogen and oxygen atoms in total. The van der Waals surface area contributed by atoms with Gasteiger partial charge in [0, 0.05) is 13.2 Å². The second-order valence-corrected chi connectivity index (χ2v) is 3.56. The van der Waals surface area contributed by atoms with Crippen LogP contribution in [0.1, 0.15) is 11.1 Å². The van der Waals surface area contributed by atoms with Crippen molar-refractivity contribution in [2.75, 3.05) is 7.05 Å². The average molecular weight is 269 g/mol. The molecule has 0 spiro atoms. The summed E-state index contributed by atoms with van der Waals surface area (Å²) in [4.78, 5) is 0. The second kappa shape index (κ2) is 6.63. The summed E-state index contributed by atoms with van der Waals surface area (Å²) in [5, 5.41) is 6.61. The Balaban J connectivity index is 2.99. The minimum atomic E-state index is -4.35. The van der Waals surface area contributed by atoms with Gasteiger partial charge in [-0.3, -0.25) is 5.43 Å². The minimum Gasteiger partial charge on any atom is -0.387 e. The van der Waals surface area contributed by atoms with Crippen LogP contribution in [0.4, 0.5) is 13.2 Å². The van der Waals surface area contributed by atoms with Gasteiger partial charge in [-0.05, 0) is 23.8 Å². The zero-order valence-electron chi connectivity index (χ0n) is 10.3. The predicted molar refractivity (Wildman–Crippen MR) is 70.3 cm³/mol. The smallest absolute Gasteiger partial charge is 0.387 e. The highest BCUT2D eigenvalue weighted by Gasteiger charge is 2.30. The van der Waals surface area contributed by atoms with E-state index in [9.17, 15) is 13.2 Å². The van der Waals surface area contributed by atoms with Crippen molar-refractivity contribution < 1.29 is 13.2 Å². The summed E-state index contributed by atoms with van der Waals surface area (Å²) >= 11 is 0. The van der Waals surface area contributed by atoms with Gasteiger partial charge in [-0.1, -0.05) is 18.7 Å². The zero-order valence-corrected chi connectivity index (χ0v) is 10.3. The van der Waals surface area contributed by atoms with Crippen LogP contribution < -0.4 is 10.7 Å². The van der Waals surface area contributed by atoms with Crippen molar-refractivity contribution in [2.24, 2.45) is 5.10 Å². The van der Waals surface area contributed by atoms with Crippen molar-refractivity contribution in [3.63, 3.8) is 0 Å². The van der Waals surface area contributed by atoms with Gasteiger partial charge in [0.1, 0.15) is 0 Å². The molecule has 19 heavy (non-hydrogen) atoms. The highest BCUT2D eigenvalue weighted by molar-refractivity contribution is 5.84. The molecular formula is C13H14F3N3. The number of halogens is 3. The molecule has 0 fully saturated rings. The number of benzene rings is 1. The molecular weight excluding hydrogens is 255 g/mol. The monoisotopic (exact) mass is 269 g/mol. The van der Waals surface area contributed by atoms with Crippen molar-refractivity contribution in [2.45, 2.75) is 6.18 Å². The SMILES string of the molecule is C=CN/N=C\C(=C/c1cccc(C(F)(F)F)c1)NC. The molecule has 2 N–H and O–H groups in total. The molecule has 0 aliphatic carbocycles. The Labute approximate surface area is 109 Å². The molecule has 6 heteroatoms. The van der Waals surface area contributed by atoms with E-state index >= 15 is 0 Å². The van der Waals surface area contributed by atoms with Crippen LogP contribution in [0.25, 0.3) is 6.08 Å². The van der Waals surface area contributed by atoms with Crippen LogP contribution in [0.15, 0.2) is 47.8 Å². The lowest BCUT2D eigenvalue weighted by molar-refractivity contribution is -0.137. The van der Waals surface area contributed by atoms with E-state index in [1.807, 2.05) is 0 Å². The van der Waals surface area contributed by atoms with Gasteiger partial charge < -0.3 is 5.32 Å². The highest BCUT2D eigenvalue weighted by Crippen LogP contribution is 2.29. The van der Waals surface area contributed by atoms with Crippen molar-refractivity contribution >= 4 is 12.3 Å². The Kier molecular flexibility index (Phi) is 5.17. The van der Waals surface area contributed by atoms with E-state index in [1.165, 1.54) is 18.5 Å². The summed E-state index contributed by atoms with van der Waals surface area (Å²) in [5.41, 5.74) is 2.82. The number of nitrogens with one attached hydrogen (secondary N) is 2. The maximum Gasteiger partial charge on any atom is 0.416 e. The number of hydrazone groups is 1. The van der Waals surface area contributed by atoms with Crippen LogP contribution in [-0.2, 0) is 6.18 Å². The molecule has 0 heterocycles. The first kappa shape index (κ1) is 14.8. The third-order valence-corrected chi connectivity index (χ3v) is 2.19. The fraction of sp³-hybridized carbons (Fsp3) is 0.154. The maximum atomic E-state index is 12.6. The van der Waals surface area contributed by atoms with Crippen molar-refractivity contribution in [3.05, 3.63) is 53.9 Å². The Morgan fingerprint density at radius 3 is 2.68 bits per heavy atom. The molecule has 0 aromatic heterocycles. The summed E-state index contributed by atoms with van der Waals surface area (Å²) in [6.45, 7) is 3.42. The summed E-state index contributed by atoms with van der Waals surface area (Å²) in [6.07, 6.45) is 0.0433. The van der Waals surface area contributed by atoms with E-state index in [0.717, 1.165) is 12.1 Å². The third kappa shape index (κ3) is 4.87. The van der Waals surface area contributed by atoms with E-state index in [-0.39, 0.29) is 0 Å². The summed E-state index contributed by atoms with van der Waals surface area (Å²) in [6, 6.07) is 5.05. The largest absolute Gasteiger partial charge is 0.416 e. The standard InChI is InChI=1S/C13H14F3N3/c1-3-18-19-9-12(17-2)8-10-5-4-6-11(7-10)13(14,15)16/h3-9,17-18H,1H2,2H3/b12-8+,19-9-. The van der Waals surface area contributed by atoms with Gasteiger partial charge in [-0.15, -0.1) is 0 Å². The molecule has 0 aliphatic rings. The molecule has 0 atom stereocenters. The molecule has 0 amide bonds. The molecule has 102 valence electrons. The molecule has 0 saturated carbocycles. The van der Waals surface area contributed by atoms with Gasteiger partial charge in [0.15, 0.2) is 0 Å². The lowest BCUT2D eigenvalue weighted by Crippen LogP contribution is -2.09. The van der Waals surface area contributed by atoms with E-state index in [4.69, 9.17) is 0 Å². The molecule has 1 rings (SSSR count). The molecule has 1 aromatic carbocycles. The van der Waals surface area contributed by atoms with Crippen LogP contribution in [0, 0.1) is 0 Å². The first-order valence-electron chi connectivity index (χ1n) is 5.43. The number of hydrogen-bond donors (Lipinski definition) is 2. The van der Waals surface area contributed by atoms with Crippen molar-refractivity contribution in [1.82, 2.24) is 10.7 Å². The van der Waals surface area contributed by atoms with Crippen molar-refractivity contribution in [1.29, 1.82) is 0 Å². The first-order valence-corrected chi connectivity index (χ1v) is 5.43. The Bertz CT molecular complexity index is 490. The average Bonchev–Trinajstić information content (AvgIpc) is 2.37. The van der Waals surface area contributed by atoms with Crippen LogP contribution in [0.5, 0.6) is 0 Å². The minimum absolute atomic E-state index is 0.434. The van der Waals surface area contributed by atoms with Crippen LogP contribution in [-0.4, -0.2) is 13.3 Å². The third-order valence-electron chi connectivity index (χ3n) is 2.19. The van der Waals surface area contributed by atoms with Gasteiger partial charge in [-0.2, -0.15) is 18.3 Å². The number of alkyl halides is 3. The van der Waals surface area contributed by atoms with E-state index < -0.39 is 11.7 Å². The van der Waals surface area contributed by atoms with Gasteiger partial charge in [0.2, 0.25) is 0 Å². The Hall–Kier alpha value is -2.24. The van der Waals surface area contributed by atoms with Gasteiger partial charge in [0.05, 0.1) is 17.5 Å².